The highest BCUT2D eigenvalue weighted by Crippen LogP contribution is 2.44. The number of hydrogen-bond acceptors (Lipinski definition) is 5. The molecule has 2 atom stereocenters. The van der Waals surface area contributed by atoms with Crippen LogP contribution < -0.4 is 15.8 Å². The molecule has 4 N–H and O–H groups in total. The fourth-order valence-corrected chi connectivity index (χ4v) is 3.44. The van der Waals surface area contributed by atoms with E-state index >= 15 is 0 Å². The monoisotopic (exact) mass is 313 g/mol. The fourth-order valence-electron chi connectivity index (χ4n) is 2.68. The first-order valence-electron chi connectivity index (χ1n) is 6.84. The predicted molar refractivity (Wildman–Crippen MR) is 83.7 cm³/mol. The van der Waals surface area contributed by atoms with E-state index in [2.05, 4.69) is 23.9 Å². The van der Waals surface area contributed by atoms with Gasteiger partial charge >= 0.3 is 0 Å². The van der Waals surface area contributed by atoms with Gasteiger partial charge in [0.2, 0.25) is 10.0 Å². The minimum atomic E-state index is -3.47. The smallest absolute Gasteiger partial charge is 0.240 e. The van der Waals surface area contributed by atoms with Crippen LogP contribution in [-0.4, -0.2) is 34.7 Å². The summed E-state index contributed by atoms with van der Waals surface area (Å²) in [6.07, 6.45) is 1.12. The second-order valence-electron chi connectivity index (χ2n) is 5.93. The Balaban J connectivity index is 2.17. The number of methoxy groups -OCH3 is 1. The maximum Gasteiger partial charge on any atom is 0.240 e. The second kappa shape index (κ2) is 5.47. The minimum absolute atomic E-state index is 0.0108. The molecule has 1 saturated carbocycles. The van der Waals surface area contributed by atoms with Crippen LogP contribution in [0.5, 0.6) is 0 Å². The van der Waals surface area contributed by atoms with Gasteiger partial charge < -0.3 is 15.8 Å². The molecule has 0 spiro atoms. The van der Waals surface area contributed by atoms with Crippen molar-refractivity contribution < 1.29 is 13.2 Å². The Morgan fingerprint density at radius 2 is 2.05 bits per heavy atom. The third-order valence-electron chi connectivity index (χ3n) is 4.39. The summed E-state index contributed by atoms with van der Waals surface area (Å²) in [5.74, 6) is 0. The molecular weight excluding hydrogens is 290 g/mol. The van der Waals surface area contributed by atoms with E-state index in [0.29, 0.717) is 5.69 Å². The Kier molecular flexibility index (Phi) is 4.19. The zero-order valence-corrected chi connectivity index (χ0v) is 13.6. The highest BCUT2D eigenvalue weighted by atomic mass is 32.2. The Morgan fingerprint density at radius 3 is 2.52 bits per heavy atom. The number of nitrogens with two attached hydrogens (primary N) is 1. The topological polar surface area (TPSA) is 93.5 Å². The lowest BCUT2D eigenvalue weighted by Crippen LogP contribution is -2.57. The van der Waals surface area contributed by atoms with Crippen LogP contribution in [0.3, 0.4) is 0 Å². The number of benzene rings is 1. The van der Waals surface area contributed by atoms with Crippen LogP contribution in [0.2, 0.25) is 0 Å². The molecule has 0 radical (unpaired) electrons. The van der Waals surface area contributed by atoms with Crippen LogP contribution in [0, 0.1) is 5.41 Å². The van der Waals surface area contributed by atoms with Crippen LogP contribution >= 0.6 is 0 Å². The third-order valence-corrected chi connectivity index (χ3v) is 5.81. The van der Waals surface area contributed by atoms with Gasteiger partial charge in [-0.1, -0.05) is 13.8 Å². The number of sulfonamides is 1. The van der Waals surface area contributed by atoms with Gasteiger partial charge in [0.15, 0.2) is 0 Å². The van der Waals surface area contributed by atoms with Crippen LogP contribution in [0.15, 0.2) is 23.1 Å². The van der Waals surface area contributed by atoms with Gasteiger partial charge in [-0.05, 0) is 31.7 Å². The van der Waals surface area contributed by atoms with E-state index in [4.69, 9.17) is 10.5 Å². The maximum absolute atomic E-state index is 11.7. The standard InChI is InChI=1S/C14H23N3O3S/c1-14(2)12(8-13(14)20-4)17-11-6-5-9(7-10(11)15)21(18,19)16-3/h5-7,12-13,16-17H,8,15H2,1-4H3. The van der Waals surface area contributed by atoms with Gasteiger partial charge in [-0.15, -0.1) is 0 Å². The van der Waals surface area contributed by atoms with Gasteiger partial charge in [0, 0.05) is 18.6 Å². The molecule has 6 nitrogen and oxygen atoms in total. The van der Waals surface area contributed by atoms with Crippen molar-refractivity contribution in [3.8, 4) is 0 Å². The van der Waals surface area contributed by atoms with Gasteiger partial charge in [-0.25, -0.2) is 13.1 Å². The summed E-state index contributed by atoms with van der Waals surface area (Å²) in [6.45, 7) is 4.27. The summed E-state index contributed by atoms with van der Waals surface area (Å²) in [5, 5.41) is 3.38. The molecule has 0 heterocycles. The van der Waals surface area contributed by atoms with Crippen molar-refractivity contribution >= 4 is 21.4 Å². The molecule has 7 heteroatoms. The lowest BCUT2D eigenvalue weighted by molar-refractivity contribution is -0.0794. The number of hydrogen-bond donors (Lipinski definition) is 3. The summed E-state index contributed by atoms with van der Waals surface area (Å²) in [7, 11) is -0.380. The first-order chi connectivity index (χ1) is 9.72. The molecule has 1 aromatic rings. The Bertz CT molecular complexity index is 628. The second-order valence-corrected chi connectivity index (χ2v) is 7.82. The summed E-state index contributed by atoms with van der Waals surface area (Å²) in [5.41, 5.74) is 7.15. The van der Waals surface area contributed by atoms with Gasteiger partial charge in [0.05, 0.1) is 22.4 Å². The van der Waals surface area contributed by atoms with E-state index in [1.807, 2.05) is 0 Å². The van der Waals surface area contributed by atoms with Crippen molar-refractivity contribution in [2.75, 3.05) is 25.2 Å². The average molecular weight is 313 g/mol. The van der Waals surface area contributed by atoms with Crippen LogP contribution in [-0.2, 0) is 14.8 Å². The van der Waals surface area contributed by atoms with Crippen LogP contribution in [0.4, 0.5) is 11.4 Å². The molecule has 1 fully saturated rings. The highest BCUT2D eigenvalue weighted by Gasteiger charge is 2.48. The molecule has 1 aromatic carbocycles. The van der Waals surface area contributed by atoms with Gasteiger partial charge in [-0.2, -0.15) is 0 Å². The van der Waals surface area contributed by atoms with E-state index in [1.165, 1.54) is 13.1 Å². The normalized spacial score (nSPS) is 24.4. The first-order valence-corrected chi connectivity index (χ1v) is 8.33. The molecular formula is C14H23N3O3S. The zero-order chi connectivity index (χ0) is 15.8. The van der Waals surface area contributed by atoms with Crippen molar-refractivity contribution in [2.24, 2.45) is 5.41 Å². The molecule has 0 aromatic heterocycles. The highest BCUT2D eigenvalue weighted by molar-refractivity contribution is 7.89. The fraction of sp³-hybridized carbons (Fsp3) is 0.571. The Labute approximate surface area is 126 Å². The summed E-state index contributed by atoms with van der Waals surface area (Å²) < 4.78 is 31.2. The minimum Gasteiger partial charge on any atom is -0.397 e. The number of anilines is 2. The molecule has 0 bridgehead atoms. The first kappa shape index (κ1) is 16.1. The molecule has 0 saturated heterocycles. The van der Waals surface area contributed by atoms with Gasteiger partial charge in [0.1, 0.15) is 0 Å². The van der Waals surface area contributed by atoms with Crippen LogP contribution in [0.25, 0.3) is 0 Å². The molecule has 1 aliphatic rings. The largest absolute Gasteiger partial charge is 0.397 e. The molecule has 118 valence electrons. The average Bonchev–Trinajstić information content (AvgIpc) is 2.44. The van der Waals surface area contributed by atoms with Crippen molar-refractivity contribution in [1.29, 1.82) is 0 Å². The van der Waals surface area contributed by atoms with Crippen molar-refractivity contribution in [1.82, 2.24) is 4.72 Å². The Hall–Kier alpha value is -1.31. The summed E-state index contributed by atoms with van der Waals surface area (Å²) >= 11 is 0. The van der Waals surface area contributed by atoms with Crippen molar-refractivity contribution in [2.45, 2.75) is 37.3 Å². The quantitative estimate of drug-likeness (QED) is 0.715. The van der Waals surface area contributed by atoms with E-state index in [0.717, 1.165) is 12.1 Å². The Morgan fingerprint density at radius 1 is 1.38 bits per heavy atom. The maximum atomic E-state index is 11.7. The molecule has 21 heavy (non-hydrogen) atoms. The van der Waals surface area contributed by atoms with Crippen LogP contribution in [0.1, 0.15) is 20.3 Å². The number of rotatable bonds is 5. The van der Waals surface area contributed by atoms with Crippen molar-refractivity contribution in [3.63, 3.8) is 0 Å². The predicted octanol–water partition coefficient (Wildman–Crippen LogP) is 1.40. The summed E-state index contributed by atoms with van der Waals surface area (Å²) in [4.78, 5) is 0.163. The molecule has 0 amide bonds. The van der Waals surface area contributed by atoms with E-state index in [1.54, 1.807) is 19.2 Å². The number of ether oxygens (including phenoxy) is 1. The van der Waals surface area contributed by atoms with Gasteiger partial charge in [0.25, 0.3) is 0 Å². The molecule has 2 unspecified atom stereocenters. The summed E-state index contributed by atoms with van der Waals surface area (Å²) in [6, 6.07) is 4.96. The lowest BCUT2D eigenvalue weighted by Gasteiger charge is -2.51. The third kappa shape index (κ3) is 2.86. The number of nitrogens with one attached hydrogen (secondary N) is 2. The number of nitrogen functional groups attached to an aromatic ring is 1. The lowest BCUT2D eigenvalue weighted by atomic mass is 9.64. The van der Waals surface area contributed by atoms with E-state index in [9.17, 15) is 8.42 Å². The zero-order valence-electron chi connectivity index (χ0n) is 12.8. The molecule has 0 aliphatic heterocycles. The van der Waals surface area contributed by atoms with E-state index < -0.39 is 10.0 Å². The molecule has 1 aliphatic carbocycles. The van der Waals surface area contributed by atoms with E-state index in [-0.39, 0.29) is 22.5 Å². The molecule has 2 rings (SSSR count). The SMILES string of the molecule is CNS(=O)(=O)c1ccc(NC2CC(OC)C2(C)C)c(N)c1. The van der Waals surface area contributed by atoms with Gasteiger partial charge in [-0.3, -0.25) is 0 Å². The van der Waals surface area contributed by atoms with Crippen molar-refractivity contribution in [3.05, 3.63) is 18.2 Å².